The molecule has 21 heavy (non-hydrogen) atoms. The molecule has 0 amide bonds. The van der Waals surface area contributed by atoms with Gasteiger partial charge in [-0.3, -0.25) is 14.8 Å². The van der Waals surface area contributed by atoms with Crippen LogP contribution in [0.25, 0.3) is 0 Å². The molecule has 2 aromatic heterocycles. The lowest BCUT2D eigenvalue weighted by atomic mass is 10.2. The fourth-order valence-electron chi connectivity index (χ4n) is 2.29. The Labute approximate surface area is 123 Å². The second kappa shape index (κ2) is 5.65. The smallest absolute Gasteiger partial charge is 0.328 e. The minimum absolute atomic E-state index is 0.0833. The highest BCUT2D eigenvalue weighted by atomic mass is 32.1. The van der Waals surface area contributed by atoms with Crippen molar-refractivity contribution in [3.8, 4) is 5.88 Å². The molecule has 2 aromatic rings. The van der Waals surface area contributed by atoms with Crippen LogP contribution >= 0.6 is 11.3 Å². The van der Waals surface area contributed by atoms with Gasteiger partial charge in [0.15, 0.2) is 0 Å². The molecule has 3 N–H and O–H groups in total. The minimum Gasteiger partial charge on any atom is -0.494 e. The van der Waals surface area contributed by atoms with Gasteiger partial charge in [0.1, 0.15) is 5.56 Å². The van der Waals surface area contributed by atoms with Gasteiger partial charge >= 0.3 is 5.69 Å². The van der Waals surface area contributed by atoms with Gasteiger partial charge in [0.2, 0.25) is 11.0 Å². The molecule has 0 saturated carbocycles. The summed E-state index contributed by atoms with van der Waals surface area (Å²) in [7, 11) is 0. The summed E-state index contributed by atoms with van der Waals surface area (Å²) in [6, 6.07) is 0. The molecule has 0 unspecified atom stereocenters. The van der Waals surface area contributed by atoms with Crippen molar-refractivity contribution in [1.82, 2.24) is 15.0 Å². The van der Waals surface area contributed by atoms with Crippen LogP contribution in [0.5, 0.6) is 5.88 Å². The van der Waals surface area contributed by atoms with Crippen molar-refractivity contribution < 1.29 is 5.11 Å². The van der Waals surface area contributed by atoms with E-state index >= 15 is 0 Å². The van der Waals surface area contributed by atoms with Crippen molar-refractivity contribution in [2.45, 2.75) is 32.1 Å². The van der Waals surface area contributed by atoms with Crippen LogP contribution in [-0.2, 0) is 12.8 Å². The van der Waals surface area contributed by atoms with Gasteiger partial charge in [-0.25, -0.2) is 14.8 Å². The summed E-state index contributed by atoms with van der Waals surface area (Å²) in [5.41, 5.74) is -0.432. The summed E-state index contributed by atoms with van der Waals surface area (Å²) in [5, 5.41) is 10.1. The van der Waals surface area contributed by atoms with E-state index < -0.39 is 17.1 Å². The lowest BCUT2D eigenvalue weighted by Gasteiger charge is -1.95. The molecule has 7 nitrogen and oxygen atoms in total. The molecular weight excluding hydrogens is 292 g/mol. The third-order valence-electron chi connectivity index (χ3n) is 3.35. The minimum atomic E-state index is -0.754. The van der Waals surface area contributed by atoms with Crippen molar-refractivity contribution >= 4 is 22.7 Å². The Morgan fingerprint density at radius 1 is 1.19 bits per heavy atom. The Morgan fingerprint density at radius 3 is 2.81 bits per heavy atom. The normalized spacial score (nSPS) is 15.0. The number of thiazole rings is 1. The van der Waals surface area contributed by atoms with E-state index in [-0.39, 0.29) is 5.56 Å². The van der Waals surface area contributed by atoms with Gasteiger partial charge in [-0.1, -0.05) is 17.8 Å². The number of H-pyrrole nitrogens is 2. The molecule has 0 spiro atoms. The van der Waals surface area contributed by atoms with Gasteiger partial charge < -0.3 is 5.11 Å². The molecule has 0 radical (unpaired) electrons. The maximum atomic E-state index is 11.6. The maximum Gasteiger partial charge on any atom is 0.328 e. The fraction of sp³-hybridized carbons (Fsp3) is 0.385. The van der Waals surface area contributed by atoms with Crippen LogP contribution in [-0.4, -0.2) is 26.3 Å². The molecule has 2 heterocycles. The van der Waals surface area contributed by atoms with Crippen molar-refractivity contribution in [2.75, 3.05) is 0 Å². The van der Waals surface area contributed by atoms with Crippen LogP contribution in [0.3, 0.4) is 0 Å². The average molecular weight is 306 g/mol. The van der Waals surface area contributed by atoms with E-state index in [1.807, 2.05) is 4.98 Å². The van der Waals surface area contributed by atoms with Crippen LogP contribution in [0.1, 0.15) is 35.4 Å². The van der Waals surface area contributed by atoms with Gasteiger partial charge in [-0.05, 0) is 25.7 Å². The molecule has 1 aliphatic rings. The number of aryl methyl sites for hydroxylation is 2. The zero-order valence-electron chi connectivity index (χ0n) is 11.2. The van der Waals surface area contributed by atoms with Crippen molar-refractivity contribution in [3.63, 3.8) is 0 Å². The number of aromatic hydroxyl groups is 1. The quantitative estimate of drug-likeness (QED) is 0.572. The van der Waals surface area contributed by atoms with E-state index in [0.29, 0.717) is 5.13 Å². The van der Waals surface area contributed by atoms with Crippen molar-refractivity contribution in [1.29, 1.82) is 0 Å². The fourth-order valence-corrected chi connectivity index (χ4v) is 3.29. The van der Waals surface area contributed by atoms with Gasteiger partial charge in [0.25, 0.3) is 5.56 Å². The lowest BCUT2D eigenvalue weighted by Crippen LogP contribution is -2.24. The van der Waals surface area contributed by atoms with Gasteiger partial charge in [0, 0.05) is 11.1 Å². The van der Waals surface area contributed by atoms with Crippen LogP contribution < -0.4 is 11.2 Å². The first-order valence-electron chi connectivity index (χ1n) is 6.71. The zero-order chi connectivity index (χ0) is 14.8. The summed E-state index contributed by atoms with van der Waals surface area (Å²) >= 11 is 1.51. The number of nitrogens with one attached hydrogen (secondary N) is 2. The number of aromatic amines is 2. The number of aromatic nitrogens is 3. The predicted molar refractivity (Wildman–Crippen MR) is 80.0 cm³/mol. The van der Waals surface area contributed by atoms with Gasteiger partial charge in [0.05, 0.1) is 5.69 Å². The first-order valence-corrected chi connectivity index (χ1v) is 7.53. The highest BCUT2D eigenvalue weighted by Crippen LogP contribution is 2.30. The molecule has 8 heteroatoms. The average Bonchev–Trinajstić information content (AvgIpc) is 2.67. The van der Waals surface area contributed by atoms with E-state index in [0.717, 1.165) is 25.0 Å². The monoisotopic (exact) mass is 306 g/mol. The number of nitrogens with zero attached hydrogens (tertiary/aromatic N) is 2. The lowest BCUT2D eigenvalue weighted by molar-refractivity contribution is 0.447. The number of hydrogen-bond donors (Lipinski definition) is 3. The van der Waals surface area contributed by atoms with Crippen molar-refractivity contribution in [2.24, 2.45) is 4.99 Å². The SMILES string of the molecule is O=c1[nH]c(O)c(/C=N/c2nc3c(s2)CCCCC3)c(=O)[nH]1. The maximum absolute atomic E-state index is 11.6. The molecule has 3 rings (SSSR count). The number of aliphatic imine (C=N–C) groups is 1. The van der Waals surface area contributed by atoms with E-state index in [1.165, 1.54) is 35.3 Å². The molecule has 110 valence electrons. The second-order valence-electron chi connectivity index (χ2n) is 4.86. The molecule has 0 saturated heterocycles. The van der Waals surface area contributed by atoms with E-state index in [4.69, 9.17) is 0 Å². The summed E-state index contributed by atoms with van der Waals surface area (Å²) in [6.07, 6.45) is 6.74. The molecule has 0 aromatic carbocycles. The number of hydrogen-bond acceptors (Lipinski definition) is 6. The zero-order valence-corrected chi connectivity index (χ0v) is 12.0. The van der Waals surface area contributed by atoms with E-state index in [9.17, 15) is 14.7 Å². The summed E-state index contributed by atoms with van der Waals surface area (Å²) < 4.78 is 0. The molecular formula is C13H14N4O3S. The molecule has 0 atom stereocenters. The second-order valence-corrected chi connectivity index (χ2v) is 5.92. The molecule has 0 fully saturated rings. The molecule has 1 aliphatic carbocycles. The Morgan fingerprint density at radius 2 is 2.00 bits per heavy atom. The van der Waals surface area contributed by atoms with Crippen LogP contribution in [0.15, 0.2) is 14.6 Å². The van der Waals surface area contributed by atoms with Crippen LogP contribution in [0.2, 0.25) is 0 Å². The van der Waals surface area contributed by atoms with E-state index in [2.05, 4.69) is 15.0 Å². The first kappa shape index (κ1) is 13.7. The molecule has 0 bridgehead atoms. The van der Waals surface area contributed by atoms with Gasteiger partial charge in [-0.2, -0.15) is 0 Å². The molecule has 0 aliphatic heterocycles. The Bertz CT molecular complexity index is 779. The Kier molecular flexibility index (Phi) is 3.70. The first-order chi connectivity index (χ1) is 10.1. The number of rotatable bonds is 2. The Hall–Kier alpha value is -2.22. The van der Waals surface area contributed by atoms with Crippen LogP contribution in [0.4, 0.5) is 5.13 Å². The third-order valence-corrected chi connectivity index (χ3v) is 4.41. The summed E-state index contributed by atoms with van der Waals surface area (Å²) in [4.78, 5) is 36.6. The summed E-state index contributed by atoms with van der Waals surface area (Å²) in [5.74, 6) is -0.495. The highest BCUT2D eigenvalue weighted by Gasteiger charge is 2.13. The van der Waals surface area contributed by atoms with E-state index in [1.54, 1.807) is 0 Å². The van der Waals surface area contributed by atoms with Crippen molar-refractivity contribution in [3.05, 3.63) is 37.0 Å². The van der Waals surface area contributed by atoms with Crippen LogP contribution in [0, 0.1) is 0 Å². The predicted octanol–water partition coefficient (Wildman–Crippen LogP) is 1.24. The Balaban J connectivity index is 1.90. The highest BCUT2D eigenvalue weighted by molar-refractivity contribution is 7.15. The topological polar surface area (TPSA) is 111 Å². The largest absolute Gasteiger partial charge is 0.494 e. The third kappa shape index (κ3) is 2.94. The summed E-state index contributed by atoms with van der Waals surface area (Å²) in [6.45, 7) is 0. The standard InChI is InChI=1S/C13H14N4O3S/c18-10-7(11(19)17-12(20)16-10)6-14-13-15-8-4-2-1-3-5-9(8)21-13/h6H,1-5H2,(H3,16,17,18,19,20)/b14-6+. The number of fused-ring (bicyclic) bond motifs is 1. The van der Waals surface area contributed by atoms with Gasteiger partial charge in [-0.15, -0.1) is 0 Å².